The van der Waals surface area contributed by atoms with Gasteiger partial charge in [0.05, 0.1) is 5.56 Å². The lowest BCUT2D eigenvalue weighted by Gasteiger charge is -2.30. The number of nitrogens with two attached hydrogens (primary N) is 1. The van der Waals surface area contributed by atoms with Crippen LogP contribution in [0.4, 0.5) is 18.9 Å². The summed E-state index contributed by atoms with van der Waals surface area (Å²) in [6.07, 6.45) is -0.190. The lowest BCUT2D eigenvalue weighted by atomic mass is 9.91. The summed E-state index contributed by atoms with van der Waals surface area (Å²) in [4.78, 5) is 0. The van der Waals surface area contributed by atoms with Crippen molar-refractivity contribution in [3.63, 3.8) is 0 Å². The third-order valence-corrected chi connectivity index (χ3v) is 4.11. The van der Waals surface area contributed by atoms with Gasteiger partial charge < -0.3 is 11.1 Å². The zero-order valence-electron chi connectivity index (χ0n) is 10.3. The second-order valence-corrected chi connectivity index (χ2v) is 5.75. The summed E-state index contributed by atoms with van der Waals surface area (Å²) in [6.45, 7) is 0. The van der Waals surface area contributed by atoms with Crippen molar-refractivity contribution in [1.29, 1.82) is 0 Å². The Kier molecular flexibility index (Phi) is 4.40. The Balaban J connectivity index is 2.13. The summed E-state index contributed by atoms with van der Waals surface area (Å²) < 4.78 is 38.1. The lowest BCUT2D eigenvalue weighted by molar-refractivity contribution is -0.137. The average Bonchev–Trinajstić information content (AvgIpc) is 2.33. The molecule has 1 saturated carbocycles. The molecule has 0 amide bonds. The second-order valence-electron chi connectivity index (χ2n) is 4.89. The van der Waals surface area contributed by atoms with Crippen LogP contribution in [0.3, 0.4) is 0 Å². The maximum absolute atomic E-state index is 12.6. The van der Waals surface area contributed by atoms with Crippen LogP contribution in [0.5, 0.6) is 0 Å². The molecule has 3 N–H and O–H groups in total. The Morgan fingerprint density at radius 3 is 2.47 bits per heavy atom. The molecule has 1 aromatic rings. The molecule has 1 aliphatic rings. The lowest BCUT2D eigenvalue weighted by Crippen LogP contribution is -2.42. The highest BCUT2D eigenvalue weighted by atomic mass is 79.9. The highest BCUT2D eigenvalue weighted by molar-refractivity contribution is 9.10. The van der Waals surface area contributed by atoms with Crippen molar-refractivity contribution < 1.29 is 13.2 Å². The largest absolute Gasteiger partial charge is 0.416 e. The van der Waals surface area contributed by atoms with E-state index >= 15 is 0 Å². The molecule has 0 aromatic heterocycles. The van der Waals surface area contributed by atoms with Crippen LogP contribution >= 0.6 is 15.9 Å². The minimum atomic E-state index is -4.32. The first-order valence-corrected chi connectivity index (χ1v) is 7.06. The van der Waals surface area contributed by atoms with Crippen LogP contribution in [0, 0.1) is 0 Å². The molecule has 2 rings (SSSR count). The van der Waals surface area contributed by atoms with Crippen LogP contribution in [0.1, 0.15) is 31.2 Å². The predicted molar refractivity (Wildman–Crippen MR) is 73.0 cm³/mol. The van der Waals surface area contributed by atoms with Gasteiger partial charge in [0, 0.05) is 22.2 Å². The summed E-state index contributed by atoms with van der Waals surface area (Å²) in [7, 11) is 0. The van der Waals surface area contributed by atoms with E-state index in [9.17, 15) is 13.2 Å². The van der Waals surface area contributed by atoms with Gasteiger partial charge in [-0.25, -0.2) is 0 Å². The van der Waals surface area contributed by atoms with Crippen molar-refractivity contribution in [1.82, 2.24) is 0 Å². The van der Waals surface area contributed by atoms with Gasteiger partial charge in [-0.3, -0.25) is 0 Å². The summed E-state index contributed by atoms with van der Waals surface area (Å²) in [5.41, 5.74) is 6.03. The number of halogens is 4. The molecule has 1 fully saturated rings. The summed E-state index contributed by atoms with van der Waals surface area (Å²) in [5, 5.41) is 3.24. The van der Waals surface area contributed by atoms with Gasteiger partial charge in [-0.2, -0.15) is 13.2 Å². The van der Waals surface area contributed by atoms with Crippen molar-refractivity contribution >= 4 is 21.6 Å². The van der Waals surface area contributed by atoms with Gasteiger partial charge in [0.2, 0.25) is 0 Å². The van der Waals surface area contributed by atoms with Crippen LogP contribution < -0.4 is 11.1 Å². The monoisotopic (exact) mass is 336 g/mol. The fourth-order valence-electron chi connectivity index (χ4n) is 2.35. The van der Waals surface area contributed by atoms with Gasteiger partial charge in [0.15, 0.2) is 0 Å². The fourth-order valence-corrected chi connectivity index (χ4v) is 2.84. The maximum Gasteiger partial charge on any atom is 0.416 e. The van der Waals surface area contributed by atoms with E-state index in [1.807, 2.05) is 0 Å². The number of hydrogen-bond donors (Lipinski definition) is 2. The van der Waals surface area contributed by atoms with Crippen LogP contribution in [-0.2, 0) is 6.18 Å². The number of hydrogen-bond acceptors (Lipinski definition) is 2. The molecule has 19 heavy (non-hydrogen) atoms. The zero-order chi connectivity index (χ0) is 14.0. The van der Waals surface area contributed by atoms with Crippen LogP contribution in [-0.4, -0.2) is 12.1 Å². The van der Waals surface area contributed by atoms with Gasteiger partial charge in [0.1, 0.15) is 0 Å². The molecular formula is C13H16BrF3N2. The number of rotatable bonds is 2. The topological polar surface area (TPSA) is 38.0 Å². The quantitative estimate of drug-likeness (QED) is 0.851. The molecule has 0 radical (unpaired) electrons. The van der Waals surface area contributed by atoms with Crippen molar-refractivity contribution in [3.8, 4) is 0 Å². The second kappa shape index (κ2) is 5.71. The van der Waals surface area contributed by atoms with Crippen LogP contribution in [0.2, 0.25) is 0 Å². The molecule has 2 atom stereocenters. The highest BCUT2D eigenvalue weighted by Gasteiger charge is 2.31. The molecule has 0 spiro atoms. The van der Waals surface area contributed by atoms with Crippen molar-refractivity contribution in [2.75, 3.05) is 5.32 Å². The molecule has 1 aromatic carbocycles. The molecule has 2 nitrogen and oxygen atoms in total. The van der Waals surface area contributed by atoms with E-state index in [4.69, 9.17) is 5.73 Å². The molecule has 0 aliphatic heterocycles. The van der Waals surface area contributed by atoms with Gasteiger partial charge >= 0.3 is 6.18 Å². The van der Waals surface area contributed by atoms with E-state index in [1.165, 1.54) is 6.07 Å². The Morgan fingerprint density at radius 1 is 1.21 bits per heavy atom. The zero-order valence-corrected chi connectivity index (χ0v) is 11.9. The predicted octanol–water partition coefficient (Wildman–Crippen LogP) is 4.15. The third-order valence-electron chi connectivity index (χ3n) is 3.46. The van der Waals surface area contributed by atoms with E-state index in [1.54, 1.807) is 0 Å². The SMILES string of the molecule is N[C@@H]1CCCC[C@H]1Nc1ccc(C(F)(F)F)cc1Br. The molecule has 106 valence electrons. The van der Waals surface area contributed by atoms with Crippen molar-refractivity contribution in [2.24, 2.45) is 5.73 Å². The Labute approximate surface area is 118 Å². The van der Waals surface area contributed by atoms with Gasteiger partial charge in [-0.1, -0.05) is 12.8 Å². The fraction of sp³-hybridized carbons (Fsp3) is 0.538. The van der Waals surface area contributed by atoms with Gasteiger partial charge in [-0.15, -0.1) is 0 Å². The van der Waals surface area contributed by atoms with Gasteiger partial charge in [0.25, 0.3) is 0 Å². The van der Waals surface area contributed by atoms with E-state index in [0.717, 1.165) is 37.8 Å². The van der Waals surface area contributed by atoms with Crippen molar-refractivity contribution in [2.45, 2.75) is 43.9 Å². The van der Waals surface area contributed by atoms with Gasteiger partial charge in [-0.05, 0) is 47.0 Å². The van der Waals surface area contributed by atoms with E-state index < -0.39 is 11.7 Å². The number of benzene rings is 1. The Bertz CT molecular complexity index is 448. The van der Waals surface area contributed by atoms with E-state index in [0.29, 0.717) is 10.2 Å². The van der Waals surface area contributed by atoms with Crippen LogP contribution in [0.25, 0.3) is 0 Å². The third kappa shape index (κ3) is 3.63. The minimum Gasteiger partial charge on any atom is -0.380 e. The highest BCUT2D eigenvalue weighted by Crippen LogP contribution is 2.34. The smallest absolute Gasteiger partial charge is 0.380 e. The summed E-state index contributed by atoms with van der Waals surface area (Å²) in [6, 6.07) is 3.82. The minimum absolute atomic E-state index is 0.0583. The Hall–Kier alpha value is -0.750. The normalized spacial score (nSPS) is 24.3. The molecule has 6 heteroatoms. The van der Waals surface area contributed by atoms with E-state index in [2.05, 4.69) is 21.2 Å². The molecule has 0 saturated heterocycles. The number of alkyl halides is 3. The Morgan fingerprint density at radius 2 is 1.89 bits per heavy atom. The van der Waals surface area contributed by atoms with Crippen LogP contribution in [0.15, 0.2) is 22.7 Å². The first-order chi connectivity index (χ1) is 8.88. The maximum atomic E-state index is 12.6. The van der Waals surface area contributed by atoms with E-state index in [-0.39, 0.29) is 12.1 Å². The standard InChI is InChI=1S/C13H16BrF3N2/c14-9-7-8(13(15,16)17)5-6-11(9)19-12-4-2-1-3-10(12)18/h5-7,10,12,19H,1-4,18H2/t10-,12-/m1/s1. The van der Waals surface area contributed by atoms with Crippen molar-refractivity contribution in [3.05, 3.63) is 28.2 Å². The molecule has 1 aliphatic carbocycles. The number of nitrogens with one attached hydrogen (secondary N) is 1. The molecular weight excluding hydrogens is 321 g/mol. The average molecular weight is 337 g/mol. The molecule has 0 bridgehead atoms. The summed E-state index contributed by atoms with van der Waals surface area (Å²) >= 11 is 3.18. The molecule has 0 heterocycles. The molecule has 0 unspecified atom stereocenters. The first kappa shape index (κ1) is 14.7. The first-order valence-electron chi connectivity index (χ1n) is 6.27. The summed E-state index contributed by atoms with van der Waals surface area (Å²) in [5.74, 6) is 0. The number of anilines is 1.